The Balaban J connectivity index is 1.44. The summed E-state index contributed by atoms with van der Waals surface area (Å²) in [5.74, 6) is 0.411. The Morgan fingerprint density at radius 1 is 1.15 bits per heavy atom. The van der Waals surface area contributed by atoms with Crippen LogP contribution in [0.15, 0.2) is 17.8 Å². The fourth-order valence-electron chi connectivity index (χ4n) is 3.73. The van der Waals surface area contributed by atoms with Crippen LogP contribution in [0.25, 0.3) is 0 Å². The van der Waals surface area contributed by atoms with Crippen LogP contribution in [0.2, 0.25) is 0 Å². The Bertz CT molecular complexity index is 781. The van der Waals surface area contributed by atoms with Gasteiger partial charge >= 0.3 is 6.18 Å². The third-order valence-corrected chi connectivity index (χ3v) is 5.97. The molecule has 0 radical (unpaired) electrons. The zero-order valence-electron chi connectivity index (χ0n) is 15.1. The minimum Gasteiger partial charge on any atom is -0.350 e. The topological polar surface area (TPSA) is 45.2 Å². The van der Waals surface area contributed by atoms with Crippen LogP contribution in [0.4, 0.5) is 19.0 Å². The molecular weight excluding hydrogens is 375 g/mol. The normalized spacial score (nSPS) is 19.4. The molecule has 0 atom stereocenters. The number of likely N-dealkylation sites (tertiary alicyclic amines) is 1. The number of alkyl halides is 3. The Morgan fingerprint density at radius 3 is 2.44 bits per heavy atom. The molecule has 146 valence electrons. The van der Waals surface area contributed by atoms with Crippen LogP contribution >= 0.6 is 11.3 Å². The van der Waals surface area contributed by atoms with E-state index in [1.807, 2.05) is 6.92 Å². The number of nitrogens with zero attached hydrogens (tertiary/aromatic N) is 5. The molecule has 2 fully saturated rings. The van der Waals surface area contributed by atoms with Crippen LogP contribution in [0.1, 0.15) is 42.1 Å². The zero-order chi connectivity index (χ0) is 19.0. The number of hydrogen-bond donors (Lipinski definition) is 0. The molecule has 1 aliphatic heterocycles. The maximum absolute atomic E-state index is 13.0. The maximum atomic E-state index is 13.0. The van der Waals surface area contributed by atoms with Gasteiger partial charge in [-0.3, -0.25) is 4.90 Å². The van der Waals surface area contributed by atoms with Gasteiger partial charge in [0, 0.05) is 43.2 Å². The van der Waals surface area contributed by atoms with Gasteiger partial charge in [0.05, 0.1) is 10.7 Å². The lowest BCUT2D eigenvalue weighted by Crippen LogP contribution is -2.46. The van der Waals surface area contributed by atoms with Gasteiger partial charge in [0.1, 0.15) is 17.8 Å². The molecular formula is C18H22F3N5S. The van der Waals surface area contributed by atoms with E-state index in [9.17, 15) is 13.2 Å². The number of thiazole rings is 1. The first-order chi connectivity index (χ1) is 12.9. The molecule has 9 heteroatoms. The summed E-state index contributed by atoms with van der Waals surface area (Å²) in [6, 6.07) is 1.63. The number of aryl methyl sites for hydroxylation is 1. The van der Waals surface area contributed by atoms with Crippen LogP contribution in [0.3, 0.4) is 0 Å². The van der Waals surface area contributed by atoms with E-state index < -0.39 is 11.9 Å². The Hall–Kier alpha value is -1.74. The number of aromatic nitrogens is 3. The van der Waals surface area contributed by atoms with Gasteiger partial charge in [-0.05, 0) is 32.6 Å². The third kappa shape index (κ3) is 4.40. The summed E-state index contributed by atoms with van der Waals surface area (Å²) in [4.78, 5) is 16.6. The lowest BCUT2D eigenvalue weighted by atomic mass is 10.0. The van der Waals surface area contributed by atoms with Crippen LogP contribution in [0.5, 0.6) is 0 Å². The summed E-state index contributed by atoms with van der Waals surface area (Å²) in [7, 11) is 0. The lowest BCUT2D eigenvalue weighted by Gasteiger charge is -2.39. The molecule has 0 unspecified atom stereocenters. The second kappa shape index (κ2) is 7.35. The fourth-order valence-corrected chi connectivity index (χ4v) is 4.34. The molecule has 2 aromatic rings. The highest BCUT2D eigenvalue weighted by atomic mass is 32.1. The van der Waals surface area contributed by atoms with Crippen molar-refractivity contribution in [3.05, 3.63) is 34.2 Å². The van der Waals surface area contributed by atoms with Crippen LogP contribution in [0, 0.1) is 6.92 Å². The number of rotatable bonds is 5. The molecule has 5 nitrogen and oxygen atoms in total. The average Bonchev–Trinajstić information content (AvgIpc) is 3.38. The Morgan fingerprint density at radius 2 is 1.85 bits per heavy atom. The van der Waals surface area contributed by atoms with E-state index in [0.29, 0.717) is 11.9 Å². The summed E-state index contributed by atoms with van der Waals surface area (Å²) >= 11 is 1.66. The lowest BCUT2D eigenvalue weighted by molar-refractivity contribution is -0.141. The van der Waals surface area contributed by atoms with Gasteiger partial charge in [-0.25, -0.2) is 15.0 Å². The standard InChI is InChI=1S/C18H22F3N5S/c1-12-24-13(10-27-12)9-25-6-4-15(5-7-25)26(14-2-3-14)17-8-16(18(19,20)21)22-11-23-17/h8,10-11,14-15H,2-7,9H2,1H3. The fraction of sp³-hybridized carbons (Fsp3) is 0.611. The van der Waals surface area contributed by atoms with Crippen molar-refractivity contribution >= 4 is 17.2 Å². The van der Waals surface area contributed by atoms with Gasteiger partial charge in [-0.2, -0.15) is 13.2 Å². The SMILES string of the molecule is Cc1nc(CN2CCC(N(c3cc(C(F)(F)F)ncn3)C3CC3)CC2)cs1. The first-order valence-corrected chi connectivity index (χ1v) is 10.1. The first kappa shape index (κ1) is 18.6. The van der Waals surface area contributed by atoms with Gasteiger partial charge in [0.15, 0.2) is 0 Å². The van der Waals surface area contributed by atoms with Crippen LogP contribution in [-0.2, 0) is 12.7 Å². The highest BCUT2D eigenvalue weighted by Crippen LogP contribution is 2.37. The van der Waals surface area contributed by atoms with Crippen LogP contribution < -0.4 is 4.90 Å². The Labute approximate surface area is 160 Å². The summed E-state index contributed by atoms with van der Waals surface area (Å²) in [5, 5.41) is 3.17. The van der Waals surface area contributed by atoms with Gasteiger partial charge in [0.2, 0.25) is 0 Å². The van der Waals surface area contributed by atoms with Crippen molar-refractivity contribution in [1.29, 1.82) is 0 Å². The van der Waals surface area contributed by atoms with Crippen molar-refractivity contribution in [2.75, 3.05) is 18.0 Å². The molecule has 0 N–H and O–H groups in total. The first-order valence-electron chi connectivity index (χ1n) is 9.21. The molecule has 4 rings (SSSR count). The van der Waals surface area contributed by atoms with E-state index >= 15 is 0 Å². The molecule has 0 spiro atoms. The molecule has 2 aromatic heterocycles. The minimum atomic E-state index is -4.44. The highest BCUT2D eigenvalue weighted by Gasteiger charge is 2.38. The van der Waals surface area contributed by atoms with Crippen LogP contribution in [-0.4, -0.2) is 45.0 Å². The summed E-state index contributed by atoms with van der Waals surface area (Å²) in [6.07, 6.45) is 0.471. The molecule has 1 saturated heterocycles. The Kier molecular flexibility index (Phi) is 5.07. The summed E-state index contributed by atoms with van der Waals surface area (Å²) < 4.78 is 39.1. The smallest absolute Gasteiger partial charge is 0.350 e. The zero-order valence-corrected chi connectivity index (χ0v) is 15.9. The number of piperidine rings is 1. The average molecular weight is 397 g/mol. The van der Waals surface area contributed by atoms with E-state index in [1.165, 1.54) is 0 Å². The quantitative estimate of drug-likeness (QED) is 0.766. The maximum Gasteiger partial charge on any atom is 0.433 e. The van der Waals surface area contributed by atoms with Crippen molar-refractivity contribution in [3.8, 4) is 0 Å². The van der Waals surface area contributed by atoms with Crippen molar-refractivity contribution < 1.29 is 13.2 Å². The van der Waals surface area contributed by atoms with E-state index in [0.717, 1.165) is 68.4 Å². The largest absolute Gasteiger partial charge is 0.433 e. The van der Waals surface area contributed by atoms with Gasteiger partial charge in [-0.1, -0.05) is 0 Å². The predicted molar refractivity (Wildman–Crippen MR) is 97.7 cm³/mol. The van der Waals surface area contributed by atoms with Crippen molar-refractivity contribution in [1.82, 2.24) is 19.9 Å². The number of hydrogen-bond acceptors (Lipinski definition) is 6. The number of halogens is 3. The predicted octanol–water partition coefficient (Wildman–Crippen LogP) is 3.89. The molecule has 0 amide bonds. The molecule has 1 aliphatic carbocycles. The molecule has 3 heterocycles. The second-order valence-corrected chi connectivity index (χ2v) is 8.33. The highest BCUT2D eigenvalue weighted by molar-refractivity contribution is 7.09. The van der Waals surface area contributed by atoms with E-state index in [4.69, 9.17) is 0 Å². The van der Waals surface area contributed by atoms with Crippen molar-refractivity contribution in [2.45, 2.75) is 57.4 Å². The van der Waals surface area contributed by atoms with Crippen molar-refractivity contribution in [3.63, 3.8) is 0 Å². The van der Waals surface area contributed by atoms with Gasteiger partial charge in [0.25, 0.3) is 0 Å². The molecule has 27 heavy (non-hydrogen) atoms. The van der Waals surface area contributed by atoms with Gasteiger partial charge < -0.3 is 4.90 Å². The van der Waals surface area contributed by atoms with E-state index in [-0.39, 0.29) is 6.04 Å². The summed E-state index contributed by atoms with van der Waals surface area (Å²) in [5.41, 5.74) is 0.232. The molecule has 2 aliphatic rings. The molecule has 0 bridgehead atoms. The molecule has 0 aromatic carbocycles. The summed E-state index contributed by atoms with van der Waals surface area (Å²) in [6.45, 7) is 4.68. The second-order valence-electron chi connectivity index (χ2n) is 7.26. The number of anilines is 1. The molecule has 1 saturated carbocycles. The van der Waals surface area contributed by atoms with Gasteiger partial charge in [-0.15, -0.1) is 11.3 Å². The monoisotopic (exact) mass is 397 g/mol. The van der Waals surface area contributed by atoms with E-state index in [2.05, 4.69) is 30.1 Å². The minimum absolute atomic E-state index is 0.224. The third-order valence-electron chi connectivity index (χ3n) is 5.15. The van der Waals surface area contributed by atoms with Crippen molar-refractivity contribution in [2.24, 2.45) is 0 Å². The van der Waals surface area contributed by atoms with E-state index in [1.54, 1.807) is 11.3 Å².